The number of benzene rings is 2. The van der Waals surface area contributed by atoms with Crippen LogP contribution < -0.4 is 4.74 Å². The van der Waals surface area contributed by atoms with Gasteiger partial charge in [-0.3, -0.25) is 19.2 Å². The molecule has 35 heavy (non-hydrogen) atoms. The number of halogens is 4. The molecule has 2 aromatic rings. The predicted octanol–water partition coefficient (Wildman–Crippen LogP) is 5.16. The number of carbonyl (C=O) groups excluding carboxylic acids is 4. The van der Waals surface area contributed by atoms with Crippen molar-refractivity contribution in [3.8, 4) is 5.75 Å². The molecule has 1 aliphatic carbocycles. The van der Waals surface area contributed by atoms with Crippen molar-refractivity contribution in [2.24, 2.45) is 11.8 Å². The van der Waals surface area contributed by atoms with Crippen molar-refractivity contribution in [2.45, 2.75) is 22.5 Å². The topological polar surface area (TPSA) is 84.0 Å². The number of hydrogen-bond acceptors (Lipinski definition) is 5. The van der Waals surface area contributed by atoms with Gasteiger partial charge in [0, 0.05) is 20.8 Å². The number of amides is 3. The molecule has 1 saturated heterocycles. The molecule has 0 spiro atoms. The quantitative estimate of drug-likeness (QED) is 0.246. The molecule has 2 aliphatic rings. The van der Waals surface area contributed by atoms with Crippen LogP contribution in [0.5, 0.6) is 5.75 Å². The Balaban J connectivity index is 1.71. The van der Waals surface area contributed by atoms with E-state index in [1.54, 1.807) is 18.2 Å². The number of fused-ring (bicyclic) bond motifs is 1. The first-order valence-electron chi connectivity index (χ1n) is 10.7. The molecule has 0 N–H and O–H groups in total. The van der Waals surface area contributed by atoms with Crippen molar-refractivity contribution in [2.75, 3.05) is 13.7 Å². The van der Waals surface area contributed by atoms with Gasteiger partial charge in [-0.25, -0.2) is 5.01 Å². The maximum atomic E-state index is 13.6. The molecule has 2 fully saturated rings. The van der Waals surface area contributed by atoms with Crippen molar-refractivity contribution in [3.63, 3.8) is 0 Å². The Morgan fingerprint density at radius 2 is 1.60 bits per heavy atom. The predicted molar refractivity (Wildman–Crippen MR) is 138 cm³/mol. The number of carbonyl (C=O) groups is 4. The Kier molecular flexibility index (Phi) is 7.90. The number of hydrazine groups is 1. The zero-order chi connectivity index (χ0) is 25.4. The number of imide groups is 1. The van der Waals surface area contributed by atoms with Crippen LogP contribution in [0.25, 0.3) is 0 Å². The summed E-state index contributed by atoms with van der Waals surface area (Å²) in [5.74, 6) is -2.90. The van der Waals surface area contributed by atoms with Crippen molar-refractivity contribution < 1.29 is 23.9 Å². The largest absolute Gasteiger partial charge is 0.497 e. The molecular formula is C24H20Br2Cl2N2O5. The molecular weight excluding hydrogens is 627 g/mol. The van der Waals surface area contributed by atoms with Gasteiger partial charge in [-0.15, -0.1) is 0 Å². The van der Waals surface area contributed by atoms with Gasteiger partial charge in [0.2, 0.25) is 0 Å². The van der Waals surface area contributed by atoms with E-state index in [1.807, 2.05) is 0 Å². The Labute approximate surface area is 228 Å². The SMILES string of the molecule is COc1cccc(C(=O)CN(C(=O)c2ccc(Cl)c(Cl)c2)N2C(=O)[C@@H]3C[C@H](Br)[C@@H](Br)C[C@H]3C2=O)c1. The zero-order valence-electron chi connectivity index (χ0n) is 18.4. The first kappa shape index (κ1) is 26.1. The highest BCUT2D eigenvalue weighted by molar-refractivity contribution is 9.12. The summed E-state index contributed by atoms with van der Waals surface area (Å²) in [4.78, 5) is 53.6. The Morgan fingerprint density at radius 1 is 0.971 bits per heavy atom. The fourth-order valence-electron chi connectivity index (χ4n) is 4.35. The fourth-order valence-corrected chi connectivity index (χ4v) is 5.89. The third-order valence-corrected chi connectivity index (χ3v) is 9.69. The molecule has 3 amide bonds. The average Bonchev–Trinajstić information content (AvgIpc) is 3.08. The lowest BCUT2D eigenvalue weighted by molar-refractivity contribution is -0.154. The van der Waals surface area contributed by atoms with Crippen molar-refractivity contribution >= 4 is 78.6 Å². The number of ketones is 1. The minimum absolute atomic E-state index is 0.00177. The van der Waals surface area contributed by atoms with Gasteiger partial charge in [0.15, 0.2) is 5.78 Å². The molecule has 0 aromatic heterocycles. The first-order valence-corrected chi connectivity index (χ1v) is 13.3. The van der Waals surface area contributed by atoms with E-state index in [4.69, 9.17) is 27.9 Å². The van der Waals surface area contributed by atoms with Crippen LogP contribution in [0.2, 0.25) is 10.0 Å². The molecule has 7 nitrogen and oxygen atoms in total. The summed E-state index contributed by atoms with van der Waals surface area (Å²) in [7, 11) is 1.47. The van der Waals surface area contributed by atoms with Gasteiger partial charge >= 0.3 is 0 Å². The van der Waals surface area contributed by atoms with E-state index in [9.17, 15) is 19.2 Å². The molecule has 11 heteroatoms. The van der Waals surface area contributed by atoms with Crippen LogP contribution in [0.1, 0.15) is 33.6 Å². The number of ether oxygens (including phenoxy) is 1. The van der Waals surface area contributed by atoms with E-state index >= 15 is 0 Å². The normalized spacial score (nSPS) is 23.7. The van der Waals surface area contributed by atoms with Crippen LogP contribution in [-0.2, 0) is 9.59 Å². The number of hydrogen-bond donors (Lipinski definition) is 0. The van der Waals surface area contributed by atoms with Crippen molar-refractivity contribution in [3.05, 3.63) is 63.6 Å². The van der Waals surface area contributed by atoms with Crippen molar-refractivity contribution in [1.82, 2.24) is 10.0 Å². The summed E-state index contributed by atoms with van der Waals surface area (Å²) in [5.41, 5.74) is 0.360. The van der Waals surface area contributed by atoms with Gasteiger partial charge in [0.1, 0.15) is 12.3 Å². The molecule has 2 aromatic carbocycles. The van der Waals surface area contributed by atoms with E-state index in [0.29, 0.717) is 18.6 Å². The second kappa shape index (κ2) is 10.6. The highest BCUT2D eigenvalue weighted by atomic mass is 79.9. The number of nitrogens with zero attached hydrogens (tertiary/aromatic N) is 2. The summed E-state index contributed by atoms with van der Waals surface area (Å²) in [6.45, 7) is -0.529. The fraction of sp³-hybridized carbons (Fsp3) is 0.333. The maximum Gasteiger partial charge on any atom is 0.273 e. The monoisotopic (exact) mass is 644 g/mol. The number of methoxy groups -OCH3 is 1. The Hall–Kier alpha value is -1.94. The molecule has 184 valence electrons. The third kappa shape index (κ3) is 5.14. The van der Waals surface area contributed by atoms with Crippen LogP contribution in [-0.4, -0.2) is 56.8 Å². The van der Waals surface area contributed by atoms with E-state index in [2.05, 4.69) is 31.9 Å². The number of Topliss-reactive ketones (excluding diaryl/α,β-unsaturated/α-hetero) is 1. The molecule has 1 aliphatic heterocycles. The van der Waals surface area contributed by atoms with Crippen LogP contribution in [0, 0.1) is 11.8 Å². The van der Waals surface area contributed by atoms with E-state index in [-0.39, 0.29) is 30.8 Å². The lowest BCUT2D eigenvalue weighted by Gasteiger charge is -2.30. The first-order chi connectivity index (χ1) is 16.6. The summed E-state index contributed by atoms with van der Waals surface area (Å²) in [5, 5.41) is 2.13. The lowest BCUT2D eigenvalue weighted by Crippen LogP contribution is -2.52. The third-order valence-electron chi connectivity index (χ3n) is 6.22. The molecule has 0 radical (unpaired) electrons. The summed E-state index contributed by atoms with van der Waals surface area (Å²) >= 11 is 19.2. The van der Waals surface area contributed by atoms with Crippen LogP contribution in [0.3, 0.4) is 0 Å². The highest BCUT2D eigenvalue weighted by Gasteiger charge is 2.54. The second-order valence-electron chi connectivity index (χ2n) is 8.35. The van der Waals surface area contributed by atoms with Crippen molar-refractivity contribution in [1.29, 1.82) is 0 Å². The molecule has 4 atom stereocenters. The average molecular weight is 647 g/mol. The van der Waals surface area contributed by atoms with Gasteiger partial charge in [0.05, 0.1) is 29.0 Å². The summed E-state index contributed by atoms with van der Waals surface area (Å²) in [6, 6.07) is 10.6. The smallest absolute Gasteiger partial charge is 0.273 e. The van der Waals surface area contributed by atoms with Gasteiger partial charge < -0.3 is 4.74 Å². The Bertz CT molecular complexity index is 1180. The minimum atomic E-state index is -0.717. The summed E-state index contributed by atoms with van der Waals surface area (Å²) in [6.07, 6.45) is 0.862. The molecule has 1 heterocycles. The van der Waals surface area contributed by atoms with Crippen LogP contribution in [0.15, 0.2) is 42.5 Å². The van der Waals surface area contributed by atoms with Gasteiger partial charge in [-0.1, -0.05) is 67.2 Å². The second-order valence-corrected chi connectivity index (χ2v) is 11.5. The number of alkyl halides is 2. The zero-order valence-corrected chi connectivity index (χ0v) is 23.1. The van der Waals surface area contributed by atoms with Gasteiger partial charge in [-0.2, -0.15) is 5.01 Å². The molecule has 0 bridgehead atoms. The number of rotatable bonds is 6. The molecule has 1 saturated carbocycles. The van der Waals surface area contributed by atoms with Crippen LogP contribution in [0.4, 0.5) is 0 Å². The van der Waals surface area contributed by atoms with Gasteiger partial charge in [-0.05, 0) is 43.2 Å². The lowest BCUT2D eigenvalue weighted by atomic mass is 9.81. The molecule has 0 unspecified atom stereocenters. The van der Waals surface area contributed by atoms with E-state index in [1.165, 1.54) is 31.4 Å². The van der Waals surface area contributed by atoms with Crippen LogP contribution >= 0.6 is 55.1 Å². The van der Waals surface area contributed by atoms with Gasteiger partial charge in [0.25, 0.3) is 17.7 Å². The summed E-state index contributed by atoms with van der Waals surface area (Å²) < 4.78 is 5.18. The molecule has 4 rings (SSSR count). The minimum Gasteiger partial charge on any atom is -0.497 e. The standard InChI is InChI=1S/C24H20Br2Cl2N2O5/c1-35-14-4-2-3-12(7-14)21(31)11-29(22(32)13-5-6-19(27)20(28)8-13)30-23(33)15-9-17(25)18(26)10-16(15)24(30)34/h2-8,15-18H,9-11H2,1H3/t15-,16-,17+,18+/m1/s1. The maximum absolute atomic E-state index is 13.6. The van der Waals surface area contributed by atoms with E-state index < -0.39 is 41.9 Å². The van der Waals surface area contributed by atoms with E-state index in [0.717, 1.165) is 10.0 Å². The Morgan fingerprint density at radius 3 is 2.17 bits per heavy atom. The highest BCUT2D eigenvalue weighted by Crippen LogP contribution is 2.43.